The van der Waals surface area contributed by atoms with Gasteiger partial charge in [0.2, 0.25) is 0 Å². The minimum absolute atomic E-state index is 0.191. The van der Waals surface area contributed by atoms with Gasteiger partial charge in [0, 0.05) is 19.0 Å². The van der Waals surface area contributed by atoms with Gasteiger partial charge in [-0.2, -0.15) is 18.3 Å². The maximum Gasteiger partial charge on any atom is 0.416 e. The smallest absolute Gasteiger partial charge is 0.392 e. The van der Waals surface area contributed by atoms with Crippen LogP contribution in [-0.4, -0.2) is 37.8 Å². The Kier molecular flexibility index (Phi) is 4.60. The highest BCUT2D eigenvalue weighted by molar-refractivity contribution is 5.33. The first-order valence-electron chi connectivity index (χ1n) is 7.87. The largest absolute Gasteiger partial charge is 0.416 e. The molecule has 2 atom stereocenters. The molecule has 8 heteroatoms. The summed E-state index contributed by atoms with van der Waals surface area (Å²) in [6.45, 7) is 2.55. The first kappa shape index (κ1) is 16.9. The van der Waals surface area contributed by atoms with Gasteiger partial charge in [-0.25, -0.2) is 4.98 Å². The van der Waals surface area contributed by atoms with E-state index in [1.807, 2.05) is 11.8 Å². The quantitative estimate of drug-likeness (QED) is 0.898. The van der Waals surface area contributed by atoms with E-state index in [1.165, 1.54) is 12.1 Å². The summed E-state index contributed by atoms with van der Waals surface area (Å²) < 4.78 is 39.9. The van der Waals surface area contributed by atoms with Gasteiger partial charge >= 0.3 is 6.18 Å². The van der Waals surface area contributed by atoms with Gasteiger partial charge in [-0.3, -0.25) is 10.00 Å². The molecule has 0 amide bonds. The Labute approximate surface area is 137 Å². The Morgan fingerprint density at radius 2 is 2.08 bits per heavy atom. The van der Waals surface area contributed by atoms with Crippen molar-refractivity contribution < 1.29 is 18.3 Å². The highest BCUT2D eigenvalue weighted by Gasteiger charge is 2.39. The summed E-state index contributed by atoms with van der Waals surface area (Å²) in [5.74, 6) is 1.26. The van der Waals surface area contributed by atoms with Gasteiger partial charge in [0.05, 0.1) is 18.2 Å². The minimum Gasteiger partial charge on any atom is -0.392 e. The lowest BCUT2D eigenvalue weighted by Gasteiger charge is -2.26. The van der Waals surface area contributed by atoms with Crippen molar-refractivity contribution in [3.8, 4) is 0 Å². The lowest BCUT2D eigenvalue weighted by atomic mass is 9.97. The fourth-order valence-electron chi connectivity index (χ4n) is 3.18. The molecule has 2 aromatic rings. The molecule has 24 heavy (non-hydrogen) atoms. The number of rotatable bonds is 4. The molecule has 1 aromatic carbocycles. The van der Waals surface area contributed by atoms with Gasteiger partial charge in [-0.15, -0.1) is 0 Å². The monoisotopic (exact) mass is 340 g/mol. The Morgan fingerprint density at radius 1 is 1.33 bits per heavy atom. The SMILES string of the molecule is CCc1n[nH]c(CN2C[C@@H](O)C[C@H]2c2ccccc2C(F)(F)F)n1. The summed E-state index contributed by atoms with van der Waals surface area (Å²) >= 11 is 0. The van der Waals surface area contributed by atoms with E-state index >= 15 is 0 Å². The molecule has 0 saturated carbocycles. The third kappa shape index (κ3) is 3.44. The number of hydrogen-bond donors (Lipinski definition) is 2. The molecule has 3 rings (SSSR count). The zero-order valence-corrected chi connectivity index (χ0v) is 13.2. The van der Waals surface area contributed by atoms with Crippen molar-refractivity contribution >= 4 is 0 Å². The maximum atomic E-state index is 13.3. The Balaban J connectivity index is 1.88. The molecular formula is C16H19F3N4O. The maximum absolute atomic E-state index is 13.3. The Hall–Kier alpha value is -1.93. The molecule has 0 unspecified atom stereocenters. The second kappa shape index (κ2) is 6.52. The summed E-state index contributed by atoms with van der Waals surface area (Å²) in [5.41, 5.74) is -0.460. The molecule has 1 aliphatic heterocycles. The molecule has 2 heterocycles. The molecule has 130 valence electrons. The number of H-pyrrole nitrogens is 1. The molecule has 5 nitrogen and oxygen atoms in total. The lowest BCUT2D eigenvalue weighted by molar-refractivity contribution is -0.138. The number of aliphatic hydroxyl groups is 1. The van der Waals surface area contributed by atoms with E-state index in [9.17, 15) is 18.3 Å². The fourth-order valence-corrected chi connectivity index (χ4v) is 3.18. The summed E-state index contributed by atoms with van der Waals surface area (Å²) in [6.07, 6.45) is -4.14. The number of β-amino-alcohol motifs (C(OH)–C–C–N with tert-alkyl or cyclic N) is 1. The number of alkyl halides is 3. The van der Waals surface area contributed by atoms with Crippen molar-refractivity contribution in [2.75, 3.05) is 6.54 Å². The van der Waals surface area contributed by atoms with Gasteiger partial charge in [0.25, 0.3) is 0 Å². The van der Waals surface area contributed by atoms with Gasteiger partial charge in [0.15, 0.2) is 0 Å². The number of halogens is 3. The van der Waals surface area contributed by atoms with E-state index in [1.54, 1.807) is 6.07 Å². The number of hydrogen-bond acceptors (Lipinski definition) is 4. The fraction of sp³-hybridized carbons (Fsp3) is 0.500. The summed E-state index contributed by atoms with van der Waals surface area (Å²) in [4.78, 5) is 6.12. The van der Waals surface area contributed by atoms with E-state index in [2.05, 4.69) is 15.2 Å². The van der Waals surface area contributed by atoms with E-state index in [0.29, 0.717) is 31.2 Å². The van der Waals surface area contributed by atoms with Crippen molar-refractivity contribution in [3.63, 3.8) is 0 Å². The highest BCUT2D eigenvalue weighted by Crippen LogP contribution is 2.40. The molecule has 0 bridgehead atoms. The lowest BCUT2D eigenvalue weighted by Crippen LogP contribution is -2.26. The number of likely N-dealkylation sites (tertiary alicyclic amines) is 1. The second-order valence-electron chi connectivity index (χ2n) is 5.97. The third-order valence-electron chi connectivity index (χ3n) is 4.25. The number of aromatic nitrogens is 3. The number of nitrogens with one attached hydrogen (secondary N) is 1. The van der Waals surface area contributed by atoms with Crippen molar-refractivity contribution in [2.24, 2.45) is 0 Å². The van der Waals surface area contributed by atoms with Crippen LogP contribution < -0.4 is 0 Å². The van der Waals surface area contributed by atoms with Crippen LogP contribution in [0.3, 0.4) is 0 Å². The van der Waals surface area contributed by atoms with Crippen LogP contribution in [-0.2, 0) is 19.1 Å². The van der Waals surface area contributed by atoms with Crippen LogP contribution in [0.25, 0.3) is 0 Å². The van der Waals surface area contributed by atoms with Gasteiger partial charge in [-0.05, 0) is 18.1 Å². The van der Waals surface area contributed by atoms with Crippen molar-refractivity contribution in [3.05, 3.63) is 47.0 Å². The topological polar surface area (TPSA) is 65.0 Å². The zero-order valence-electron chi connectivity index (χ0n) is 13.2. The van der Waals surface area contributed by atoms with E-state index in [0.717, 1.165) is 6.07 Å². The van der Waals surface area contributed by atoms with Gasteiger partial charge < -0.3 is 5.11 Å². The highest BCUT2D eigenvalue weighted by atomic mass is 19.4. The predicted molar refractivity (Wildman–Crippen MR) is 81.0 cm³/mol. The molecule has 0 spiro atoms. The first-order chi connectivity index (χ1) is 11.4. The summed E-state index contributed by atoms with van der Waals surface area (Å²) in [5, 5.41) is 16.8. The number of aliphatic hydroxyl groups excluding tert-OH is 1. The number of aryl methyl sites for hydroxylation is 1. The van der Waals surface area contributed by atoms with Gasteiger partial charge in [0.1, 0.15) is 11.6 Å². The van der Waals surface area contributed by atoms with Crippen molar-refractivity contribution in [2.45, 2.75) is 44.6 Å². The van der Waals surface area contributed by atoms with Crippen LogP contribution in [0.1, 0.15) is 42.2 Å². The molecule has 1 aromatic heterocycles. The second-order valence-corrected chi connectivity index (χ2v) is 5.97. The average molecular weight is 340 g/mol. The third-order valence-corrected chi connectivity index (χ3v) is 4.25. The minimum atomic E-state index is -4.42. The van der Waals surface area contributed by atoms with Crippen molar-refractivity contribution in [1.29, 1.82) is 0 Å². The van der Waals surface area contributed by atoms with Crippen molar-refractivity contribution in [1.82, 2.24) is 20.1 Å². The molecule has 2 N–H and O–H groups in total. The average Bonchev–Trinajstić information content (AvgIpc) is 3.13. The molecular weight excluding hydrogens is 321 g/mol. The van der Waals surface area contributed by atoms with Crippen LogP contribution in [0, 0.1) is 0 Å². The standard InChI is InChI=1S/C16H19F3N4O/c1-2-14-20-15(22-21-14)9-23-8-10(24)7-13(23)11-5-3-4-6-12(11)16(17,18)19/h3-6,10,13,24H,2,7-9H2,1H3,(H,20,21,22)/t10-,13-/m0/s1. The van der Waals surface area contributed by atoms with Crippen LogP contribution in [0.5, 0.6) is 0 Å². The van der Waals surface area contributed by atoms with Gasteiger partial charge in [-0.1, -0.05) is 25.1 Å². The van der Waals surface area contributed by atoms with E-state index in [4.69, 9.17) is 0 Å². The molecule has 1 saturated heterocycles. The zero-order chi connectivity index (χ0) is 17.3. The number of aromatic amines is 1. The van der Waals surface area contributed by atoms with Crippen LogP contribution >= 0.6 is 0 Å². The molecule has 1 fully saturated rings. The normalized spacial score (nSPS) is 22.2. The first-order valence-corrected chi connectivity index (χ1v) is 7.87. The molecule has 0 radical (unpaired) electrons. The van der Waals surface area contributed by atoms with E-state index in [-0.39, 0.29) is 12.0 Å². The Bertz CT molecular complexity index is 701. The molecule has 1 aliphatic rings. The Morgan fingerprint density at radius 3 is 2.75 bits per heavy atom. The predicted octanol–water partition coefficient (Wildman–Crippen LogP) is 2.69. The summed E-state index contributed by atoms with van der Waals surface area (Å²) in [6, 6.07) is 5.04. The number of benzene rings is 1. The summed E-state index contributed by atoms with van der Waals surface area (Å²) in [7, 11) is 0. The van der Waals surface area contributed by atoms with Crippen LogP contribution in [0.4, 0.5) is 13.2 Å². The van der Waals surface area contributed by atoms with E-state index < -0.39 is 23.9 Å². The van der Waals surface area contributed by atoms with Crippen LogP contribution in [0.15, 0.2) is 24.3 Å². The molecule has 0 aliphatic carbocycles. The van der Waals surface area contributed by atoms with Crippen LogP contribution in [0.2, 0.25) is 0 Å². The number of nitrogens with zero attached hydrogens (tertiary/aromatic N) is 3.